The molecule has 0 saturated heterocycles. The van der Waals surface area contributed by atoms with Gasteiger partial charge in [0.25, 0.3) is 11.8 Å². The second-order valence-electron chi connectivity index (χ2n) is 6.21. The van der Waals surface area contributed by atoms with Gasteiger partial charge in [0.1, 0.15) is 12.0 Å². The van der Waals surface area contributed by atoms with E-state index in [1.807, 2.05) is 45.9 Å². The molecule has 0 radical (unpaired) electrons. The lowest BCUT2D eigenvalue weighted by molar-refractivity contribution is 0.0932. The van der Waals surface area contributed by atoms with Gasteiger partial charge < -0.3 is 10.6 Å². The van der Waals surface area contributed by atoms with Crippen molar-refractivity contribution in [2.24, 2.45) is 0 Å². The van der Waals surface area contributed by atoms with Gasteiger partial charge in [0.15, 0.2) is 0 Å². The molecule has 1 unspecified atom stereocenters. The molecule has 1 aromatic carbocycles. The van der Waals surface area contributed by atoms with Crippen molar-refractivity contribution < 1.29 is 9.59 Å². The van der Waals surface area contributed by atoms with Crippen LogP contribution in [0.25, 0.3) is 0 Å². The van der Waals surface area contributed by atoms with Crippen molar-refractivity contribution in [3.05, 3.63) is 58.7 Å². The number of amides is 2. The van der Waals surface area contributed by atoms with Crippen LogP contribution in [0.4, 0.5) is 0 Å². The number of nitrogens with zero attached hydrogens (tertiary/aromatic N) is 2. The number of benzene rings is 1. The zero-order chi connectivity index (χ0) is 18.4. The first-order valence-corrected chi connectivity index (χ1v) is 8.32. The summed E-state index contributed by atoms with van der Waals surface area (Å²) >= 11 is 0. The Morgan fingerprint density at radius 1 is 1.12 bits per heavy atom. The summed E-state index contributed by atoms with van der Waals surface area (Å²) in [4.78, 5) is 32.3. The number of nitrogens with one attached hydrogen (secondary N) is 2. The van der Waals surface area contributed by atoms with Gasteiger partial charge in [-0.25, -0.2) is 9.97 Å². The van der Waals surface area contributed by atoms with Gasteiger partial charge in [-0.1, -0.05) is 12.1 Å². The SMILES string of the molecule is Cc1cc(C(=O)NC(C)CCNC(=O)c2cccc(C)c2C)ncn1. The molecule has 2 amide bonds. The molecule has 6 heteroatoms. The highest BCUT2D eigenvalue weighted by molar-refractivity contribution is 5.96. The van der Waals surface area contributed by atoms with Crippen LogP contribution >= 0.6 is 0 Å². The molecule has 1 aromatic heterocycles. The van der Waals surface area contributed by atoms with Crippen LogP contribution in [0.3, 0.4) is 0 Å². The van der Waals surface area contributed by atoms with Crippen molar-refractivity contribution >= 4 is 11.8 Å². The van der Waals surface area contributed by atoms with E-state index in [1.165, 1.54) is 6.33 Å². The molecule has 2 N–H and O–H groups in total. The summed E-state index contributed by atoms with van der Waals surface area (Å²) in [7, 11) is 0. The Morgan fingerprint density at radius 3 is 2.60 bits per heavy atom. The quantitative estimate of drug-likeness (QED) is 0.845. The average molecular weight is 340 g/mol. The topological polar surface area (TPSA) is 84.0 Å². The second kappa shape index (κ2) is 8.37. The second-order valence-corrected chi connectivity index (χ2v) is 6.21. The standard InChI is InChI=1S/C19H24N4O2/c1-12-6-5-7-16(15(12)4)18(24)20-9-8-13(2)23-19(25)17-10-14(3)21-11-22-17/h5-7,10-11,13H,8-9H2,1-4H3,(H,20,24)(H,23,25). The van der Waals surface area contributed by atoms with E-state index in [1.54, 1.807) is 6.07 Å². The molecule has 0 spiro atoms. The van der Waals surface area contributed by atoms with Crippen molar-refractivity contribution in [2.45, 2.75) is 40.2 Å². The predicted molar refractivity (Wildman–Crippen MR) is 96.6 cm³/mol. The van der Waals surface area contributed by atoms with Crippen molar-refractivity contribution in [3.63, 3.8) is 0 Å². The summed E-state index contributed by atoms with van der Waals surface area (Å²) < 4.78 is 0. The van der Waals surface area contributed by atoms with Crippen LogP contribution in [0.5, 0.6) is 0 Å². The largest absolute Gasteiger partial charge is 0.352 e. The van der Waals surface area contributed by atoms with Crippen LogP contribution in [0.1, 0.15) is 51.0 Å². The summed E-state index contributed by atoms with van der Waals surface area (Å²) in [6.45, 7) is 8.12. The van der Waals surface area contributed by atoms with Crippen LogP contribution in [0.15, 0.2) is 30.6 Å². The molecule has 2 aromatic rings. The molecule has 0 fully saturated rings. The third-order valence-corrected chi connectivity index (χ3v) is 4.13. The summed E-state index contributed by atoms with van der Waals surface area (Å²) in [5.74, 6) is -0.329. The predicted octanol–water partition coefficient (Wildman–Crippen LogP) is 2.34. The summed E-state index contributed by atoms with van der Waals surface area (Å²) in [5.41, 5.74) is 3.86. The van der Waals surface area contributed by atoms with Gasteiger partial charge in [0, 0.05) is 23.8 Å². The van der Waals surface area contributed by atoms with E-state index in [2.05, 4.69) is 20.6 Å². The molecule has 25 heavy (non-hydrogen) atoms. The highest BCUT2D eigenvalue weighted by atomic mass is 16.2. The zero-order valence-corrected chi connectivity index (χ0v) is 15.1. The third-order valence-electron chi connectivity index (χ3n) is 4.13. The van der Waals surface area contributed by atoms with Crippen molar-refractivity contribution in [1.82, 2.24) is 20.6 Å². The normalized spacial score (nSPS) is 11.7. The minimum absolute atomic E-state index is 0.0818. The van der Waals surface area contributed by atoms with E-state index in [0.29, 0.717) is 24.2 Å². The Morgan fingerprint density at radius 2 is 1.88 bits per heavy atom. The fourth-order valence-corrected chi connectivity index (χ4v) is 2.44. The first-order valence-electron chi connectivity index (χ1n) is 8.32. The van der Waals surface area contributed by atoms with Gasteiger partial charge in [-0.15, -0.1) is 0 Å². The molecule has 0 bridgehead atoms. The Bertz CT molecular complexity index is 774. The third kappa shape index (κ3) is 5.11. The highest BCUT2D eigenvalue weighted by Crippen LogP contribution is 2.12. The Kier molecular flexibility index (Phi) is 6.22. The van der Waals surface area contributed by atoms with Crippen LogP contribution in [0, 0.1) is 20.8 Å². The molecular formula is C19H24N4O2. The fourth-order valence-electron chi connectivity index (χ4n) is 2.44. The van der Waals surface area contributed by atoms with E-state index in [-0.39, 0.29) is 17.9 Å². The van der Waals surface area contributed by atoms with E-state index >= 15 is 0 Å². The van der Waals surface area contributed by atoms with Gasteiger partial charge in [0.2, 0.25) is 0 Å². The molecule has 1 heterocycles. The molecule has 132 valence electrons. The number of carbonyl (C=O) groups is 2. The van der Waals surface area contributed by atoms with Crippen LogP contribution in [-0.2, 0) is 0 Å². The first kappa shape index (κ1) is 18.6. The summed E-state index contributed by atoms with van der Waals surface area (Å²) in [6.07, 6.45) is 2.01. The maximum Gasteiger partial charge on any atom is 0.270 e. The monoisotopic (exact) mass is 340 g/mol. The molecule has 6 nitrogen and oxygen atoms in total. The van der Waals surface area contributed by atoms with Crippen molar-refractivity contribution in [2.75, 3.05) is 6.54 Å². The molecule has 0 aliphatic rings. The number of hydrogen-bond acceptors (Lipinski definition) is 4. The van der Waals surface area contributed by atoms with Gasteiger partial charge in [-0.2, -0.15) is 0 Å². The molecule has 0 aliphatic carbocycles. The van der Waals surface area contributed by atoms with E-state index in [9.17, 15) is 9.59 Å². The molecular weight excluding hydrogens is 316 g/mol. The fraction of sp³-hybridized carbons (Fsp3) is 0.368. The van der Waals surface area contributed by atoms with Crippen LogP contribution < -0.4 is 10.6 Å². The number of aromatic nitrogens is 2. The lowest BCUT2D eigenvalue weighted by Gasteiger charge is -2.15. The molecule has 0 aliphatic heterocycles. The average Bonchev–Trinajstić information content (AvgIpc) is 2.57. The maximum atomic E-state index is 12.3. The Labute approximate surface area is 148 Å². The van der Waals surface area contributed by atoms with E-state index in [0.717, 1.165) is 16.8 Å². The smallest absolute Gasteiger partial charge is 0.270 e. The highest BCUT2D eigenvalue weighted by Gasteiger charge is 2.13. The van der Waals surface area contributed by atoms with E-state index < -0.39 is 0 Å². The number of aryl methyl sites for hydroxylation is 2. The lowest BCUT2D eigenvalue weighted by atomic mass is 10.0. The van der Waals surface area contributed by atoms with Gasteiger partial charge in [0.05, 0.1) is 0 Å². The summed E-state index contributed by atoms with van der Waals surface area (Å²) in [5, 5.41) is 5.78. The van der Waals surface area contributed by atoms with Crippen molar-refractivity contribution in [1.29, 1.82) is 0 Å². The Balaban J connectivity index is 1.82. The van der Waals surface area contributed by atoms with Crippen LogP contribution in [-0.4, -0.2) is 34.4 Å². The lowest BCUT2D eigenvalue weighted by Crippen LogP contribution is -2.36. The first-order chi connectivity index (χ1) is 11.9. The van der Waals surface area contributed by atoms with Gasteiger partial charge in [-0.05, 0) is 57.4 Å². The van der Waals surface area contributed by atoms with Crippen molar-refractivity contribution in [3.8, 4) is 0 Å². The minimum atomic E-state index is -0.237. The zero-order valence-electron chi connectivity index (χ0n) is 15.1. The molecule has 1 atom stereocenters. The molecule has 0 saturated carbocycles. The number of rotatable bonds is 6. The summed E-state index contributed by atoms with van der Waals surface area (Å²) in [6, 6.07) is 7.24. The molecule has 2 rings (SSSR count). The van der Waals surface area contributed by atoms with Crippen LogP contribution in [0.2, 0.25) is 0 Å². The number of carbonyl (C=O) groups excluding carboxylic acids is 2. The number of hydrogen-bond donors (Lipinski definition) is 2. The minimum Gasteiger partial charge on any atom is -0.352 e. The maximum absolute atomic E-state index is 12.3. The van der Waals surface area contributed by atoms with Gasteiger partial charge >= 0.3 is 0 Å². The van der Waals surface area contributed by atoms with Gasteiger partial charge in [-0.3, -0.25) is 9.59 Å². The Hall–Kier alpha value is -2.76. The van der Waals surface area contributed by atoms with E-state index in [4.69, 9.17) is 0 Å².